The van der Waals surface area contributed by atoms with Crippen molar-refractivity contribution in [2.45, 2.75) is 66.0 Å². The third kappa shape index (κ3) is 3.98. The van der Waals surface area contributed by atoms with Gasteiger partial charge in [0.2, 0.25) is 0 Å². The number of ether oxygens (including phenoxy) is 1. The molecular weight excluding hydrogens is 356 g/mol. The summed E-state index contributed by atoms with van der Waals surface area (Å²) in [6, 6.07) is 0.0316. The van der Waals surface area contributed by atoms with E-state index < -0.39 is 11.7 Å². The molecule has 0 unspecified atom stereocenters. The Morgan fingerprint density at radius 3 is 2.50 bits per heavy atom. The van der Waals surface area contributed by atoms with Crippen LogP contribution >= 0.6 is 11.6 Å². The van der Waals surface area contributed by atoms with E-state index in [1.165, 1.54) is 10.7 Å². The Balaban J connectivity index is 0.00000117. The zero-order valence-electron chi connectivity index (χ0n) is 16.0. The first kappa shape index (κ1) is 20.2. The van der Waals surface area contributed by atoms with E-state index in [0.717, 1.165) is 12.8 Å². The number of amides is 1. The van der Waals surface area contributed by atoms with Crippen molar-refractivity contribution in [2.75, 3.05) is 4.90 Å². The summed E-state index contributed by atoms with van der Waals surface area (Å²) in [4.78, 5) is 29.7. The lowest BCUT2D eigenvalue weighted by Gasteiger charge is -2.28. The highest BCUT2D eigenvalue weighted by Crippen LogP contribution is 2.36. The molecule has 2 aromatic heterocycles. The largest absolute Gasteiger partial charge is 0.443 e. The number of halogens is 1. The van der Waals surface area contributed by atoms with Crippen LogP contribution in [-0.2, 0) is 4.74 Å². The molecule has 2 heterocycles. The van der Waals surface area contributed by atoms with Gasteiger partial charge >= 0.3 is 6.09 Å². The fourth-order valence-corrected chi connectivity index (χ4v) is 2.63. The van der Waals surface area contributed by atoms with Crippen LogP contribution < -0.4 is 4.90 Å². The maximum Gasteiger partial charge on any atom is 0.416 e. The zero-order valence-corrected chi connectivity index (χ0v) is 16.8. The Labute approximate surface area is 158 Å². The molecule has 2 aromatic rings. The van der Waals surface area contributed by atoms with E-state index in [1.54, 1.807) is 11.8 Å². The minimum atomic E-state index is -0.619. The van der Waals surface area contributed by atoms with Crippen LogP contribution in [0.3, 0.4) is 0 Å². The van der Waals surface area contributed by atoms with E-state index in [1.807, 2.05) is 34.6 Å². The van der Waals surface area contributed by atoms with Crippen LogP contribution in [0.4, 0.5) is 10.6 Å². The van der Waals surface area contributed by atoms with Crippen molar-refractivity contribution < 1.29 is 14.3 Å². The number of carbonyl (C=O) groups is 2. The summed E-state index contributed by atoms with van der Waals surface area (Å²) in [5, 5.41) is 4.45. The van der Waals surface area contributed by atoms with Gasteiger partial charge in [-0.15, -0.1) is 0 Å². The van der Waals surface area contributed by atoms with Gasteiger partial charge in [0.05, 0.1) is 11.8 Å². The first-order valence-electron chi connectivity index (χ1n) is 8.74. The molecule has 1 fully saturated rings. The molecule has 0 N–H and O–H groups in total. The molecule has 1 aliphatic rings. The minimum absolute atomic E-state index is 0.0316. The molecule has 0 atom stereocenters. The van der Waals surface area contributed by atoms with Gasteiger partial charge in [-0.1, -0.05) is 25.4 Å². The van der Waals surface area contributed by atoms with E-state index in [2.05, 4.69) is 10.1 Å². The fraction of sp³-hybridized carbons (Fsp3) is 0.556. The SMILES string of the molecule is CC.Cc1c(Cl)nc2c(C=O)cnn2c1N(C(=O)OC(C)(C)C)C1CC1. The van der Waals surface area contributed by atoms with Crippen LogP contribution in [-0.4, -0.2) is 38.6 Å². The third-order valence-corrected chi connectivity index (χ3v) is 4.05. The summed E-state index contributed by atoms with van der Waals surface area (Å²) in [7, 11) is 0. The summed E-state index contributed by atoms with van der Waals surface area (Å²) < 4.78 is 7.02. The van der Waals surface area contributed by atoms with E-state index in [-0.39, 0.29) is 11.2 Å². The van der Waals surface area contributed by atoms with Crippen molar-refractivity contribution in [3.05, 3.63) is 22.5 Å². The number of nitrogens with zero attached hydrogens (tertiary/aromatic N) is 4. The summed E-state index contributed by atoms with van der Waals surface area (Å²) in [5.74, 6) is 0.495. The second kappa shape index (κ2) is 7.61. The molecule has 0 saturated heterocycles. The predicted molar refractivity (Wildman–Crippen MR) is 101 cm³/mol. The summed E-state index contributed by atoms with van der Waals surface area (Å²) in [6.45, 7) is 11.2. The molecule has 0 radical (unpaired) electrons. The first-order valence-corrected chi connectivity index (χ1v) is 9.12. The maximum absolute atomic E-state index is 12.8. The smallest absolute Gasteiger partial charge is 0.416 e. The van der Waals surface area contributed by atoms with Crippen LogP contribution in [0.1, 0.15) is 63.4 Å². The molecule has 142 valence electrons. The standard InChI is InChI=1S/C16H19ClN4O3.C2H6/c1-9-12(17)19-13-10(8-22)7-18-21(13)14(9)20(11-5-6-11)15(23)24-16(2,3)4;1-2/h7-8,11H,5-6H2,1-4H3;1-2H3. The molecule has 3 rings (SSSR count). The monoisotopic (exact) mass is 380 g/mol. The minimum Gasteiger partial charge on any atom is -0.443 e. The Bertz CT molecular complexity index is 822. The van der Waals surface area contributed by atoms with Gasteiger partial charge in [0.1, 0.15) is 16.6 Å². The molecule has 0 aliphatic heterocycles. The molecule has 0 aromatic carbocycles. The number of carbonyl (C=O) groups excluding carboxylic acids is 2. The van der Waals surface area contributed by atoms with Crippen molar-refractivity contribution in [1.29, 1.82) is 0 Å². The second-order valence-electron chi connectivity index (χ2n) is 6.89. The maximum atomic E-state index is 12.8. The normalized spacial score (nSPS) is 13.8. The van der Waals surface area contributed by atoms with Gasteiger partial charge in [-0.05, 0) is 40.5 Å². The molecule has 1 aliphatic carbocycles. The van der Waals surface area contributed by atoms with Gasteiger partial charge in [-0.3, -0.25) is 9.69 Å². The quantitative estimate of drug-likeness (QED) is 0.581. The number of hydrogen-bond donors (Lipinski definition) is 0. The average molecular weight is 381 g/mol. The zero-order chi connectivity index (χ0) is 19.6. The van der Waals surface area contributed by atoms with E-state index in [9.17, 15) is 9.59 Å². The number of hydrogen-bond acceptors (Lipinski definition) is 5. The van der Waals surface area contributed by atoms with Crippen LogP contribution in [0, 0.1) is 6.92 Å². The fourth-order valence-electron chi connectivity index (χ4n) is 2.47. The van der Waals surface area contributed by atoms with Crippen LogP contribution in [0.2, 0.25) is 5.15 Å². The molecule has 1 amide bonds. The Morgan fingerprint density at radius 2 is 2.00 bits per heavy atom. The molecule has 0 bridgehead atoms. The van der Waals surface area contributed by atoms with Crippen LogP contribution in [0.15, 0.2) is 6.20 Å². The molecule has 1 saturated carbocycles. The van der Waals surface area contributed by atoms with Crippen LogP contribution in [0.5, 0.6) is 0 Å². The molecule has 8 heteroatoms. The van der Waals surface area contributed by atoms with Crippen molar-refractivity contribution in [1.82, 2.24) is 14.6 Å². The summed E-state index contributed by atoms with van der Waals surface area (Å²) in [6.07, 6.45) is 3.37. The lowest BCUT2D eigenvalue weighted by Crippen LogP contribution is -2.40. The van der Waals surface area contributed by atoms with E-state index >= 15 is 0 Å². The highest BCUT2D eigenvalue weighted by Gasteiger charge is 2.39. The van der Waals surface area contributed by atoms with Gasteiger partial charge in [0.15, 0.2) is 11.9 Å². The number of anilines is 1. The van der Waals surface area contributed by atoms with Crippen LogP contribution in [0.25, 0.3) is 5.65 Å². The lowest BCUT2D eigenvalue weighted by atomic mass is 10.2. The van der Waals surface area contributed by atoms with Gasteiger partial charge in [-0.25, -0.2) is 9.78 Å². The Hall–Kier alpha value is -2.15. The Morgan fingerprint density at radius 1 is 1.38 bits per heavy atom. The first-order chi connectivity index (χ1) is 12.2. The van der Waals surface area contributed by atoms with Crippen molar-refractivity contribution >= 4 is 35.4 Å². The second-order valence-corrected chi connectivity index (χ2v) is 7.24. The van der Waals surface area contributed by atoms with Crippen molar-refractivity contribution in [3.8, 4) is 0 Å². The molecule has 26 heavy (non-hydrogen) atoms. The number of aromatic nitrogens is 3. The van der Waals surface area contributed by atoms with Gasteiger partial charge < -0.3 is 4.74 Å². The highest BCUT2D eigenvalue weighted by molar-refractivity contribution is 6.30. The number of fused-ring (bicyclic) bond motifs is 1. The molecular formula is C18H25ClN4O3. The van der Waals surface area contributed by atoms with Crippen molar-refractivity contribution in [2.24, 2.45) is 0 Å². The molecule has 0 spiro atoms. The lowest BCUT2D eigenvalue weighted by molar-refractivity contribution is 0.0575. The van der Waals surface area contributed by atoms with E-state index in [4.69, 9.17) is 16.3 Å². The highest BCUT2D eigenvalue weighted by atomic mass is 35.5. The van der Waals surface area contributed by atoms with Gasteiger partial charge in [0, 0.05) is 11.6 Å². The topological polar surface area (TPSA) is 76.8 Å². The summed E-state index contributed by atoms with van der Waals surface area (Å²) in [5.41, 5.74) is 0.636. The Kier molecular flexibility index (Phi) is 5.91. The van der Waals surface area contributed by atoms with Gasteiger partial charge in [0.25, 0.3) is 0 Å². The third-order valence-electron chi connectivity index (χ3n) is 3.68. The van der Waals surface area contributed by atoms with Crippen molar-refractivity contribution in [3.63, 3.8) is 0 Å². The number of rotatable bonds is 3. The average Bonchev–Trinajstić information content (AvgIpc) is 3.32. The van der Waals surface area contributed by atoms with E-state index in [0.29, 0.717) is 28.9 Å². The number of aldehydes is 1. The summed E-state index contributed by atoms with van der Waals surface area (Å²) >= 11 is 6.24. The van der Waals surface area contributed by atoms with Gasteiger partial charge in [-0.2, -0.15) is 9.61 Å². The molecule has 7 nitrogen and oxygen atoms in total. The predicted octanol–water partition coefficient (Wildman–Crippen LogP) is 4.43.